The molecule has 0 saturated heterocycles. The third-order valence-electron chi connectivity index (χ3n) is 5.81. The normalized spacial score (nSPS) is 11.5. The number of benzene rings is 2. The van der Waals surface area contributed by atoms with Crippen molar-refractivity contribution < 1.29 is 13.9 Å². The predicted octanol–water partition coefficient (Wildman–Crippen LogP) is 5.13. The smallest absolute Gasteiger partial charge is 0.320 e. The van der Waals surface area contributed by atoms with E-state index in [0.717, 1.165) is 19.2 Å². The highest BCUT2D eigenvalue weighted by Crippen LogP contribution is 2.22. The first-order valence-corrected chi connectivity index (χ1v) is 12.3. The molecular formula is C28H26ClFN4O3. The topological polar surface area (TPSA) is 77.3 Å². The highest BCUT2D eigenvalue weighted by molar-refractivity contribution is 6.32. The summed E-state index contributed by atoms with van der Waals surface area (Å²) in [5.41, 5.74) is 1.50. The fraction of sp³-hybridized carbons (Fsp3) is 0.214. The van der Waals surface area contributed by atoms with Crippen molar-refractivity contribution in [3.63, 3.8) is 0 Å². The summed E-state index contributed by atoms with van der Waals surface area (Å²) in [6, 6.07) is 16.1. The van der Waals surface area contributed by atoms with Gasteiger partial charge in [0.15, 0.2) is 0 Å². The average molecular weight is 521 g/mol. The van der Waals surface area contributed by atoms with Crippen LogP contribution in [0.1, 0.15) is 31.1 Å². The van der Waals surface area contributed by atoms with Gasteiger partial charge in [0.2, 0.25) is 0 Å². The average Bonchev–Trinajstić information content (AvgIpc) is 2.91. The summed E-state index contributed by atoms with van der Waals surface area (Å²) >= 11 is 6.39. The highest BCUT2D eigenvalue weighted by atomic mass is 35.5. The van der Waals surface area contributed by atoms with Crippen molar-refractivity contribution in [2.24, 2.45) is 0 Å². The molecule has 2 aromatic carbocycles. The van der Waals surface area contributed by atoms with E-state index in [1.807, 2.05) is 18.7 Å². The number of carbonyl (C=O) groups excluding carboxylic acids is 1. The van der Waals surface area contributed by atoms with Crippen LogP contribution in [0, 0.1) is 5.82 Å². The van der Waals surface area contributed by atoms with Crippen LogP contribution in [-0.4, -0.2) is 45.0 Å². The minimum atomic E-state index is -0.529. The maximum Gasteiger partial charge on any atom is 0.320 e. The number of nitrogens with zero attached hydrogens (tertiary/aromatic N) is 4. The lowest BCUT2D eigenvalue weighted by Crippen LogP contribution is -2.30. The number of likely N-dealkylation sites (N-methyl/N-ethyl adjacent to an activating group) is 1. The molecule has 0 saturated carbocycles. The number of aromatic nitrogens is 3. The molecule has 4 rings (SSSR count). The minimum absolute atomic E-state index is 0.0475. The largest absolute Gasteiger partial charge is 0.458 e. The van der Waals surface area contributed by atoms with E-state index in [2.05, 4.69) is 9.97 Å². The van der Waals surface area contributed by atoms with Crippen LogP contribution >= 0.6 is 11.6 Å². The SMILES string of the molecule is CCN(CC)CC(=O)OCc1cccc(C=Cc2nc3ccc(F)cc3c(=O)n2-c2ccccc2Cl)n1. The van der Waals surface area contributed by atoms with E-state index in [9.17, 15) is 14.0 Å². The first kappa shape index (κ1) is 26.2. The fourth-order valence-electron chi connectivity index (χ4n) is 3.81. The Morgan fingerprint density at radius 1 is 1.05 bits per heavy atom. The number of hydrogen-bond acceptors (Lipinski definition) is 6. The predicted molar refractivity (Wildman–Crippen MR) is 143 cm³/mol. The van der Waals surface area contributed by atoms with Crippen molar-refractivity contribution in [2.45, 2.75) is 20.5 Å². The Balaban J connectivity index is 1.65. The van der Waals surface area contributed by atoms with Crippen LogP contribution in [0.3, 0.4) is 0 Å². The van der Waals surface area contributed by atoms with Crippen LogP contribution < -0.4 is 5.56 Å². The van der Waals surface area contributed by atoms with Crippen molar-refractivity contribution in [2.75, 3.05) is 19.6 Å². The van der Waals surface area contributed by atoms with Gasteiger partial charge < -0.3 is 4.74 Å². The van der Waals surface area contributed by atoms with Gasteiger partial charge in [0.25, 0.3) is 5.56 Å². The van der Waals surface area contributed by atoms with Crippen LogP contribution in [0.15, 0.2) is 65.5 Å². The molecule has 7 nitrogen and oxygen atoms in total. The van der Waals surface area contributed by atoms with E-state index in [4.69, 9.17) is 16.3 Å². The monoisotopic (exact) mass is 520 g/mol. The van der Waals surface area contributed by atoms with Gasteiger partial charge in [0, 0.05) is 0 Å². The summed E-state index contributed by atoms with van der Waals surface area (Å²) < 4.78 is 20.6. The molecule has 0 aliphatic heterocycles. The lowest BCUT2D eigenvalue weighted by molar-refractivity contribution is -0.146. The second-order valence-corrected chi connectivity index (χ2v) is 8.64. The van der Waals surface area contributed by atoms with E-state index < -0.39 is 11.4 Å². The first-order chi connectivity index (χ1) is 17.9. The molecule has 0 aliphatic carbocycles. The zero-order chi connectivity index (χ0) is 26.4. The van der Waals surface area contributed by atoms with Crippen molar-refractivity contribution >= 4 is 40.6 Å². The Kier molecular flexibility index (Phi) is 8.43. The standard InChI is InChI=1S/C28H26ClFN4O3/c1-3-33(4-2)17-27(35)37-18-21-9-7-8-20(31-21)13-15-26-32-24-14-12-19(30)16-22(24)28(36)34(26)25-11-6-5-10-23(25)29/h5-16H,3-4,17-18H2,1-2H3. The third-order valence-corrected chi connectivity index (χ3v) is 6.13. The van der Waals surface area contributed by atoms with Crippen LogP contribution in [-0.2, 0) is 16.1 Å². The number of hydrogen-bond donors (Lipinski definition) is 0. The lowest BCUT2D eigenvalue weighted by Gasteiger charge is -2.16. The molecule has 2 heterocycles. The van der Waals surface area contributed by atoms with Crippen molar-refractivity contribution in [3.8, 4) is 5.69 Å². The van der Waals surface area contributed by atoms with Gasteiger partial charge in [0.1, 0.15) is 18.2 Å². The molecule has 190 valence electrons. The fourth-order valence-corrected chi connectivity index (χ4v) is 4.03. The first-order valence-electron chi connectivity index (χ1n) is 11.9. The second-order valence-electron chi connectivity index (χ2n) is 8.23. The second kappa shape index (κ2) is 11.9. The molecule has 0 fully saturated rings. The van der Waals surface area contributed by atoms with Gasteiger partial charge in [-0.15, -0.1) is 0 Å². The van der Waals surface area contributed by atoms with Gasteiger partial charge in [-0.05, 0) is 67.7 Å². The summed E-state index contributed by atoms with van der Waals surface area (Å²) in [6.07, 6.45) is 3.34. The maximum absolute atomic E-state index is 13.9. The Bertz CT molecular complexity index is 1520. The molecule has 2 aromatic heterocycles. The number of esters is 1. The number of carbonyl (C=O) groups is 1. The third kappa shape index (κ3) is 6.28. The Labute approximate surface area is 218 Å². The molecule has 4 aromatic rings. The van der Waals surface area contributed by atoms with E-state index >= 15 is 0 Å². The molecule has 0 spiro atoms. The quantitative estimate of drug-likeness (QED) is 0.285. The number of pyridine rings is 1. The Hall–Kier alpha value is -3.88. The van der Waals surface area contributed by atoms with Gasteiger partial charge in [-0.3, -0.25) is 19.1 Å². The number of halogens is 2. The molecule has 9 heteroatoms. The zero-order valence-electron chi connectivity index (χ0n) is 20.5. The molecular weight excluding hydrogens is 495 g/mol. The van der Waals surface area contributed by atoms with Gasteiger partial charge >= 0.3 is 5.97 Å². The van der Waals surface area contributed by atoms with Gasteiger partial charge in [-0.25, -0.2) is 14.4 Å². The minimum Gasteiger partial charge on any atom is -0.458 e. The zero-order valence-corrected chi connectivity index (χ0v) is 21.3. The number of para-hydroxylation sites is 1. The van der Waals surface area contributed by atoms with Crippen molar-refractivity contribution in [1.82, 2.24) is 19.4 Å². The van der Waals surface area contributed by atoms with Gasteiger partial charge in [0.05, 0.1) is 39.5 Å². The van der Waals surface area contributed by atoms with Crippen LogP contribution in [0.25, 0.3) is 28.7 Å². The van der Waals surface area contributed by atoms with E-state index in [1.165, 1.54) is 16.7 Å². The molecule has 0 radical (unpaired) electrons. The Morgan fingerprint density at radius 2 is 1.84 bits per heavy atom. The number of fused-ring (bicyclic) bond motifs is 1. The van der Waals surface area contributed by atoms with Crippen LogP contribution in [0.4, 0.5) is 4.39 Å². The van der Waals surface area contributed by atoms with E-state index in [-0.39, 0.29) is 24.5 Å². The lowest BCUT2D eigenvalue weighted by atomic mass is 10.2. The van der Waals surface area contributed by atoms with Gasteiger partial charge in [-0.2, -0.15) is 0 Å². The molecule has 0 atom stereocenters. The number of rotatable bonds is 9. The summed E-state index contributed by atoms with van der Waals surface area (Å²) in [4.78, 5) is 36.6. The van der Waals surface area contributed by atoms with Gasteiger partial charge in [-0.1, -0.05) is 43.6 Å². The molecule has 0 unspecified atom stereocenters. The maximum atomic E-state index is 13.9. The van der Waals surface area contributed by atoms with E-state index in [1.54, 1.807) is 54.6 Å². The van der Waals surface area contributed by atoms with Crippen molar-refractivity contribution in [1.29, 1.82) is 0 Å². The summed E-state index contributed by atoms with van der Waals surface area (Å²) in [5, 5.41) is 0.493. The van der Waals surface area contributed by atoms with Crippen LogP contribution in [0.5, 0.6) is 0 Å². The molecule has 0 aliphatic rings. The summed E-state index contributed by atoms with van der Waals surface area (Å²) in [5.74, 6) is -0.540. The highest BCUT2D eigenvalue weighted by Gasteiger charge is 2.14. The summed E-state index contributed by atoms with van der Waals surface area (Å²) in [6.45, 7) is 5.78. The molecule has 0 N–H and O–H groups in total. The molecule has 0 bridgehead atoms. The molecule has 37 heavy (non-hydrogen) atoms. The van der Waals surface area contributed by atoms with Crippen LogP contribution in [0.2, 0.25) is 5.02 Å². The van der Waals surface area contributed by atoms with E-state index in [0.29, 0.717) is 33.4 Å². The number of ether oxygens (including phenoxy) is 1. The molecule has 0 amide bonds. The Morgan fingerprint density at radius 3 is 2.59 bits per heavy atom. The summed E-state index contributed by atoms with van der Waals surface area (Å²) in [7, 11) is 0. The van der Waals surface area contributed by atoms with Crippen molar-refractivity contribution in [3.05, 3.63) is 99.1 Å².